The number of ketones is 1. The van der Waals surface area contributed by atoms with Crippen molar-refractivity contribution in [2.24, 2.45) is 0 Å². The van der Waals surface area contributed by atoms with Crippen LogP contribution in [0.15, 0.2) is 46.2 Å². The molecule has 2 heterocycles. The molecule has 1 aliphatic rings. The van der Waals surface area contributed by atoms with Crippen molar-refractivity contribution in [3.8, 4) is 11.4 Å². The lowest BCUT2D eigenvalue weighted by Crippen LogP contribution is -2.54. The van der Waals surface area contributed by atoms with Crippen LogP contribution >= 0.6 is 23.4 Å². The lowest BCUT2D eigenvalue weighted by molar-refractivity contribution is -0.146. The van der Waals surface area contributed by atoms with Gasteiger partial charge in [0.05, 0.1) is 17.6 Å². The van der Waals surface area contributed by atoms with Crippen molar-refractivity contribution >= 4 is 35.1 Å². The lowest BCUT2D eigenvalue weighted by Gasteiger charge is -2.44. The number of benzene rings is 1. The SMILES string of the molecule is CCn1c(SCC(=O)N(C)[C@]2(c3ccccc3Cl)CCCCC2=O)nnc1-c1ccoc1C. The first kappa shape index (κ1) is 23.6. The van der Waals surface area contributed by atoms with Crippen LogP contribution in [0.25, 0.3) is 11.4 Å². The molecule has 2 aromatic heterocycles. The molecule has 0 spiro atoms. The molecule has 1 aromatic carbocycles. The molecule has 33 heavy (non-hydrogen) atoms. The molecule has 0 radical (unpaired) electrons. The van der Waals surface area contributed by atoms with Crippen molar-refractivity contribution in [3.05, 3.63) is 52.9 Å². The Labute approximate surface area is 202 Å². The number of aromatic nitrogens is 3. The zero-order valence-corrected chi connectivity index (χ0v) is 20.6. The first-order valence-electron chi connectivity index (χ1n) is 11.1. The first-order chi connectivity index (χ1) is 15.9. The Hall–Kier alpha value is -2.58. The molecule has 0 unspecified atom stereocenters. The quantitative estimate of drug-likeness (QED) is 0.432. The third kappa shape index (κ3) is 4.22. The standard InChI is InChI=1S/C24H27ClN4O3S/c1-4-29-22(17-12-14-32-16(17)2)26-27-23(29)33-15-21(31)28(3)24(13-8-7-11-20(24)30)18-9-5-6-10-19(18)25/h5-6,9-10,12,14H,4,7-8,11,13,15H2,1-3H3/t24-/m0/s1. The minimum Gasteiger partial charge on any atom is -0.469 e. The number of carbonyl (C=O) groups is 2. The highest BCUT2D eigenvalue weighted by Gasteiger charge is 2.47. The van der Waals surface area contributed by atoms with Crippen LogP contribution in [-0.4, -0.2) is 44.2 Å². The van der Waals surface area contributed by atoms with Crippen molar-refractivity contribution in [1.29, 1.82) is 0 Å². The average Bonchev–Trinajstić information content (AvgIpc) is 3.43. The molecule has 1 amide bonds. The van der Waals surface area contributed by atoms with Crippen molar-refractivity contribution in [1.82, 2.24) is 19.7 Å². The second-order valence-corrected chi connectivity index (χ2v) is 9.50. The Morgan fingerprint density at radius 1 is 1.27 bits per heavy atom. The maximum atomic E-state index is 13.4. The van der Waals surface area contributed by atoms with Gasteiger partial charge in [-0.05, 0) is 45.2 Å². The Kier molecular flexibility index (Phi) is 6.95. The largest absolute Gasteiger partial charge is 0.469 e. The van der Waals surface area contributed by atoms with Gasteiger partial charge in [0.25, 0.3) is 0 Å². The molecular formula is C24H27ClN4O3S. The molecule has 1 atom stereocenters. The van der Waals surface area contributed by atoms with Gasteiger partial charge in [0.15, 0.2) is 16.8 Å². The number of carbonyl (C=O) groups excluding carboxylic acids is 2. The van der Waals surface area contributed by atoms with Crippen LogP contribution in [0.2, 0.25) is 5.02 Å². The zero-order chi connectivity index (χ0) is 23.6. The van der Waals surface area contributed by atoms with Crippen LogP contribution in [0.5, 0.6) is 0 Å². The second-order valence-electron chi connectivity index (χ2n) is 8.15. The van der Waals surface area contributed by atoms with Crippen molar-refractivity contribution in [2.75, 3.05) is 12.8 Å². The summed E-state index contributed by atoms with van der Waals surface area (Å²) < 4.78 is 7.37. The van der Waals surface area contributed by atoms with Gasteiger partial charge in [0.2, 0.25) is 5.91 Å². The van der Waals surface area contributed by atoms with Crippen LogP contribution in [0.4, 0.5) is 0 Å². The van der Waals surface area contributed by atoms with E-state index < -0.39 is 5.54 Å². The van der Waals surface area contributed by atoms with Gasteiger partial charge < -0.3 is 13.9 Å². The molecule has 7 nitrogen and oxygen atoms in total. The van der Waals surface area contributed by atoms with Gasteiger partial charge >= 0.3 is 0 Å². The van der Waals surface area contributed by atoms with Crippen LogP contribution in [0, 0.1) is 6.92 Å². The fraction of sp³-hybridized carbons (Fsp3) is 0.417. The maximum Gasteiger partial charge on any atom is 0.233 e. The van der Waals surface area contributed by atoms with Crippen molar-refractivity contribution in [3.63, 3.8) is 0 Å². The normalized spacial score (nSPS) is 18.5. The van der Waals surface area contributed by atoms with E-state index >= 15 is 0 Å². The Morgan fingerprint density at radius 2 is 2.06 bits per heavy atom. The topological polar surface area (TPSA) is 81.2 Å². The highest BCUT2D eigenvalue weighted by atomic mass is 35.5. The molecule has 4 rings (SSSR count). The highest BCUT2D eigenvalue weighted by Crippen LogP contribution is 2.42. The van der Waals surface area contributed by atoms with E-state index in [-0.39, 0.29) is 17.4 Å². The van der Waals surface area contributed by atoms with Crippen LogP contribution in [-0.2, 0) is 21.7 Å². The van der Waals surface area contributed by atoms with Gasteiger partial charge in [0.1, 0.15) is 11.3 Å². The third-order valence-electron chi connectivity index (χ3n) is 6.38. The van der Waals surface area contributed by atoms with E-state index in [1.165, 1.54) is 11.8 Å². The number of thioether (sulfide) groups is 1. The zero-order valence-electron chi connectivity index (χ0n) is 19.0. The van der Waals surface area contributed by atoms with Gasteiger partial charge in [0, 0.05) is 30.6 Å². The summed E-state index contributed by atoms with van der Waals surface area (Å²) in [4.78, 5) is 28.2. The number of nitrogens with zero attached hydrogens (tertiary/aromatic N) is 4. The third-order valence-corrected chi connectivity index (χ3v) is 7.66. The number of halogens is 1. The number of hydrogen-bond donors (Lipinski definition) is 0. The predicted octanol–water partition coefficient (Wildman–Crippen LogP) is 5.11. The summed E-state index contributed by atoms with van der Waals surface area (Å²) in [6, 6.07) is 9.19. The number of likely N-dealkylation sites (N-methyl/N-ethyl adjacent to an activating group) is 1. The van der Waals surface area contributed by atoms with Gasteiger partial charge in [-0.3, -0.25) is 9.59 Å². The Morgan fingerprint density at radius 3 is 2.73 bits per heavy atom. The summed E-state index contributed by atoms with van der Waals surface area (Å²) in [5, 5.41) is 9.79. The number of aryl methyl sites for hydroxylation is 1. The molecule has 174 valence electrons. The summed E-state index contributed by atoms with van der Waals surface area (Å²) in [6.45, 7) is 4.54. The van der Waals surface area contributed by atoms with Crippen LogP contribution < -0.4 is 0 Å². The average molecular weight is 487 g/mol. The number of rotatable bonds is 7. The van der Waals surface area contributed by atoms with E-state index in [1.54, 1.807) is 24.3 Å². The van der Waals surface area contributed by atoms with E-state index in [0.717, 1.165) is 24.2 Å². The molecule has 1 aliphatic carbocycles. The van der Waals surface area contributed by atoms with E-state index in [0.29, 0.717) is 41.0 Å². The maximum absolute atomic E-state index is 13.4. The summed E-state index contributed by atoms with van der Waals surface area (Å²) in [5.74, 6) is 1.50. The Balaban J connectivity index is 1.58. The molecule has 0 N–H and O–H groups in total. The lowest BCUT2D eigenvalue weighted by atomic mass is 9.74. The summed E-state index contributed by atoms with van der Waals surface area (Å²) in [7, 11) is 1.71. The molecular weight excluding hydrogens is 460 g/mol. The van der Waals surface area contributed by atoms with Crippen molar-refractivity contribution in [2.45, 2.75) is 56.8 Å². The summed E-state index contributed by atoms with van der Waals surface area (Å²) in [5.41, 5.74) is 0.544. The molecule has 0 saturated heterocycles. The van der Waals surface area contributed by atoms with Crippen LogP contribution in [0.3, 0.4) is 0 Å². The molecule has 3 aromatic rings. The van der Waals surface area contributed by atoms with E-state index in [9.17, 15) is 9.59 Å². The Bertz CT molecular complexity index is 1170. The fourth-order valence-electron chi connectivity index (χ4n) is 4.56. The van der Waals surface area contributed by atoms with Gasteiger partial charge in [-0.15, -0.1) is 10.2 Å². The molecule has 9 heteroatoms. The van der Waals surface area contributed by atoms with Gasteiger partial charge in [-0.1, -0.05) is 41.6 Å². The smallest absolute Gasteiger partial charge is 0.233 e. The highest BCUT2D eigenvalue weighted by molar-refractivity contribution is 7.99. The monoisotopic (exact) mass is 486 g/mol. The minimum absolute atomic E-state index is 0.0390. The predicted molar refractivity (Wildman–Crippen MR) is 128 cm³/mol. The van der Waals surface area contributed by atoms with Crippen LogP contribution in [0.1, 0.15) is 43.9 Å². The number of furan rings is 1. The van der Waals surface area contributed by atoms with E-state index in [4.69, 9.17) is 16.0 Å². The first-order valence-corrected chi connectivity index (χ1v) is 12.4. The summed E-state index contributed by atoms with van der Waals surface area (Å²) >= 11 is 7.83. The summed E-state index contributed by atoms with van der Waals surface area (Å²) in [6.07, 6.45) is 4.32. The molecule has 0 aliphatic heterocycles. The number of Topliss-reactive ketones (excluding diaryl/α,β-unsaturated/α-hetero) is 1. The minimum atomic E-state index is -1.04. The van der Waals surface area contributed by atoms with Gasteiger partial charge in [-0.2, -0.15) is 0 Å². The van der Waals surface area contributed by atoms with E-state index in [2.05, 4.69) is 10.2 Å². The molecule has 0 bridgehead atoms. The number of hydrogen-bond acceptors (Lipinski definition) is 6. The fourth-order valence-corrected chi connectivity index (χ4v) is 5.77. The second kappa shape index (κ2) is 9.73. The number of amides is 1. The van der Waals surface area contributed by atoms with Crippen molar-refractivity contribution < 1.29 is 14.0 Å². The van der Waals surface area contributed by atoms with E-state index in [1.807, 2.05) is 42.7 Å². The molecule has 1 fully saturated rings. The molecule has 1 saturated carbocycles. The van der Waals surface area contributed by atoms with Gasteiger partial charge in [-0.25, -0.2) is 0 Å².